The van der Waals surface area contributed by atoms with Crippen molar-refractivity contribution >= 4 is 17.5 Å². The maximum absolute atomic E-state index is 12.3. The first-order valence-corrected chi connectivity index (χ1v) is 9.12. The van der Waals surface area contributed by atoms with Gasteiger partial charge in [-0.05, 0) is 18.2 Å². The molecule has 1 amide bonds. The second kappa shape index (κ2) is 9.24. The average Bonchev–Trinajstić information content (AvgIpc) is 3.16. The third-order valence-corrected chi connectivity index (χ3v) is 4.32. The Balaban J connectivity index is 1.43. The van der Waals surface area contributed by atoms with Crippen molar-refractivity contribution in [3.63, 3.8) is 0 Å². The maximum Gasteiger partial charge on any atom is 0.222 e. The molecule has 140 valence electrons. The predicted molar refractivity (Wildman–Crippen MR) is 105 cm³/mol. The first-order chi connectivity index (χ1) is 13.1. The molecule has 0 bridgehead atoms. The Bertz CT molecular complexity index is 880. The fourth-order valence-corrected chi connectivity index (χ4v) is 2.73. The van der Waals surface area contributed by atoms with Crippen LogP contribution in [0.3, 0.4) is 0 Å². The fraction of sp³-hybridized carbons (Fsp3) is 0.238. The first-order valence-electron chi connectivity index (χ1n) is 8.74. The Morgan fingerprint density at radius 3 is 2.78 bits per heavy atom. The highest BCUT2D eigenvalue weighted by molar-refractivity contribution is 6.30. The second-order valence-electron chi connectivity index (χ2n) is 6.11. The van der Waals surface area contributed by atoms with Crippen molar-refractivity contribution in [1.29, 1.82) is 0 Å². The van der Waals surface area contributed by atoms with Gasteiger partial charge in [-0.15, -0.1) is 0 Å². The van der Waals surface area contributed by atoms with Crippen molar-refractivity contribution in [2.75, 3.05) is 20.2 Å². The van der Waals surface area contributed by atoms with E-state index < -0.39 is 0 Å². The number of ether oxygens (including phenoxy) is 1. The lowest BCUT2D eigenvalue weighted by molar-refractivity contribution is -0.130. The Hall–Kier alpha value is -2.79. The van der Waals surface area contributed by atoms with Gasteiger partial charge in [0.25, 0.3) is 0 Å². The van der Waals surface area contributed by atoms with Crippen LogP contribution < -0.4 is 4.74 Å². The standard InChI is InChI=1S/C21H21ClN2O3/c1-24(12-13-26-18-9-5-8-17(22)14-18)21(25)11-10-20-23-15-19(27-20)16-6-3-2-4-7-16/h2-9,14-15H,10-13H2,1H3. The van der Waals surface area contributed by atoms with Crippen LogP contribution in [0, 0.1) is 0 Å². The molecule has 3 aromatic rings. The number of likely N-dealkylation sites (N-methyl/N-ethyl adjacent to an activating group) is 1. The zero-order chi connectivity index (χ0) is 19.1. The lowest BCUT2D eigenvalue weighted by Crippen LogP contribution is -2.31. The minimum Gasteiger partial charge on any atom is -0.492 e. The van der Waals surface area contributed by atoms with Gasteiger partial charge in [-0.1, -0.05) is 48.0 Å². The van der Waals surface area contributed by atoms with E-state index >= 15 is 0 Å². The summed E-state index contributed by atoms with van der Waals surface area (Å²) in [4.78, 5) is 18.2. The van der Waals surface area contributed by atoms with Gasteiger partial charge in [0, 0.05) is 30.5 Å². The fourth-order valence-electron chi connectivity index (χ4n) is 2.55. The van der Waals surface area contributed by atoms with Gasteiger partial charge in [0.1, 0.15) is 12.4 Å². The molecule has 0 aliphatic rings. The molecule has 0 saturated carbocycles. The summed E-state index contributed by atoms with van der Waals surface area (Å²) < 4.78 is 11.3. The molecule has 0 atom stereocenters. The van der Waals surface area contributed by atoms with Crippen LogP contribution in [0.1, 0.15) is 12.3 Å². The highest BCUT2D eigenvalue weighted by atomic mass is 35.5. The Labute approximate surface area is 163 Å². The zero-order valence-corrected chi connectivity index (χ0v) is 15.9. The molecule has 0 saturated heterocycles. The van der Waals surface area contributed by atoms with Crippen molar-refractivity contribution < 1.29 is 13.9 Å². The molecule has 0 N–H and O–H groups in total. The summed E-state index contributed by atoms with van der Waals surface area (Å²) in [5, 5.41) is 0.623. The predicted octanol–water partition coefficient (Wildman–Crippen LogP) is 4.47. The quantitative estimate of drug-likeness (QED) is 0.575. The van der Waals surface area contributed by atoms with Crippen molar-refractivity contribution in [2.45, 2.75) is 12.8 Å². The topological polar surface area (TPSA) is 55.6 Å². The number of halogens is 1. The Kier molecular flexibility index (Phi) is 6.49. The smallest absolute Gasteiger partial charge is 0.222 e. The van der Waals surface area contributed by atoms with Crippen molar-refractivity contribution in [3.05, 3.63) is 71.7 Å². The zero-order valence-electron chi connectivity index (χ0n) is 15.1. The summed E-state index contributed by atoms with van der Waals surface area (Å²) >= 11 is 5.92. The van der Waals surface area contributed by atoms with Gasteiger partial charge in [-0.25, -0.2) is 4.98 Å². The molecular formula is C21H21ClN2O3. The summed E-state index contributed by atoms with van der Waals surface area (Å²) in [6.45, 7) is 0.895. The van der Waals surface area contributed by atoms with Crippen LogP contribution in [-0.2, 0) is 11.2 Å². The van der Waals surface area contributed by atoms with E-state index in [-0.39, 0.29) is 5.91 Å². The summed E-state index contributed by atoms with van der Waals surface area (Å²) in [5.41, 5.74) is 0.970. The summed E-state index contributed by atoms with van der Waals surface area (Å²) in [6, 6.07) is 17.0. The molecule has 1 aromatic heterocycles. The lowest BCUT2D eigenvalue weighted by Gasteiger charge is -2.17. The van der Waals surface area contributed by atoms with Crippen LogP contribution in [-0.4, -0.2) is 36.0 Å². The molecule has 3 rings (SSSR count). The van der Waals surface area contributed by atoms with E-state index in [1.165, 1.54) is 0 Å². The van der Waals surface area contributed by atoms with Crippen molar-refractivity contribution in [2.24, 2.45) is 0 Å². The monoisotopic (exact) mass is 384 g/mol. The van der Waals surface area contributed by atoms with Crippen molar-refractivity contribution in [3.8, 4) is 17.1 Å². The van der Waals surface area contributed by atoms with E-state index in [0.717, 1.165) is 5.56 Å². The molecule has 0 spiro atoms. The molecule has 0 fully saturated rings. The number of carbonyl (C=O) groups excluding carboxylic acids is 1. The van der Waals surface area contributed by atoms with Crippen LogP contribution in [0.25, 0.3) is 11.3 Å². The molecule has 2 aromatic carbocycles. The number of amides is 1. The van der Waals surface area contributed by atoms with E-state index in [0.29, 0.717) is 48.4 Å². The number of rotatable bonds is 8. The lowest BCUT2D eigenvalue weighted by atomic mass is 10.2. The number of aryl methyl sites for hydroxylation is 1. The summed E-state index contributed by atoms with van der Waals surface area (Å²) in [6.07, 6.45) is 2.49. The van der Waals surface area contributed by atoms with Crippen LogP contribution >= 0.6 is 11.6 Å². The normalized spacial score (nSPS) is 10.6. The molecule has 27 heavy (non-hydrogen) atoms. The van der Waals surface area contributed by atoms with Crippen molar-refractivity contribution in [1.82, 2.24) is 9.88 Å². The van der Waals surface area contributed by atoms with Gasteiger partial charge in [0.15, 0.2) is 11.7 Å². The first kappa shape index (κ1) is 19.0. The Morgan fingerprint density at radius 2 is 2.00 bits per heavy atom. The van der Waals surface area contributed by atoms with Gasteiger partial charge < -0.3 is 14.1 Å². The van der Waals surface area contributed by atoms with Crippen LogP contribution in [0.4, 0.5) is 0 Å². The molecule has 0 radical (unpaired) electrons. The van der Waals surface area contributed by atoms with E-state index in [1.807, 2.05) is 42.5 Å². The number of oxazole rings is 1. The molecule has 0 aliphatic carbocycles. The maximum atomic E-state index is 12.3. The Morgan fingerprint density at radius 1 is 1.19 bits per heavy atom. The average molecular weight is 385 g/mol. The van der Waals surface area contributed by atoms with Gasteiger partial charge in [-0.3, -0.25) is 4.79 Å². The highest BCUT2D eigenvalue weighted by Crippen LogP contribution is 2.20. The highest BCUT2D eigenvalue weighted by Gasteiger charge is 2.12. The van der Waals surface area contributed by atoms with Gasteiger partial charge in [-0.2, -0.15) is 0 Å². The van der Waals surface area contributed by atoms with Gasteiger partial charge in [0.05, 0.1) is 12.7 Å². The molecule has 0 unspecified atom stereocenters. The minimum absolute atomic E-state index is 0.0177. The number of carbonyl (C=O) groups is 1. The van der Waals surface area contributed by atoms with E-state index in [9.17, 15) is 4.79 Å². The third-order valence-electron chi connectivity index (χ3n) is 4.08. The number of hydrogen-bond donors (Lipinski definition) is 0. The van der Waals surface area contributed by atoms with Gasteiger partial charge in [0.2, 0.25) is 5.91 Å². The number of hydrogen-bond acceptors (Lipinski definition) is 4. The second-order valence-corrected chi connectivity index (χ2v) is 6.54. The van der Waals surface area contributed by atoms with Crippen LogP contribution in [0.15, 0.2) is 65.2 Å². The van der Waals surface area contributed by atoms with Gasteiger partial charge >= 0.3 is 0 Å². The van der Waals surface area contributed by atoms with Crippen LogP contribution in [0.5, 0.6) is 5.75 Å². The van der Waals surface area contributed by atoms with E-state index in [4.69, 9.17) is 20.8 Å². The van der Waals surface area contributed by atoms with Crippen LogP contribution in [0.2, 0.25) is 5.02 Å². The number of nitrogens with zero attached hydrogens (tertiary/aromatic N) is 2. The largest absolute Gasteiger partial charge is 0.492 e. The molecule has 0 aliphatic heterocycles. The number of aromatic nitrogens is 1. The van der Waals surface area contributed by atoms with E-state index in [2.05, 4.69) is 4.98 Å². The SMILES string of the molecule is CN(CCOc1cccc(Cl)c1)C(=O)CCc1ncc(-c2ccccc2)o1. The molecule has 5 nitrogen and oxygen atoms in total. The molecule has 6 heteroatoms. The molecule has 1 heterocycles. The summed E-state index contributed by atoms with van der Waals surface area (Å²) in [5.74, 6) is 1.98. The third kappa shape index (κ3) is 5.59. The molecular weight excluding hydrogens is 364 g/mol. The minimum atomic E-state index is 0.0177. The van der Waals surface area contributed by atoms with E-state index in [1.54, 1.807) is 30.3 Å². The number of benzene rings is 2. The summed E-state index contributed by atoms with van der Waals surface area (Å²) in [7, 11) is 1.76.